The molecule has 1 aliphatic rings. The molecule has 110 valence electrons. The second-order valence-electron chi connectivity index (χ2n) is 5.24. The Hall–Kier alpha value is -1.37. The topological polar surface area (TPSA) is 28.2 Å². The highest BCUT2D eigenvalue weighted by molar-refractivity contribution is 14.1. The van der Waals surface area contributed by atoms with E-state index in [9.17, 15) is 4.39 Å². The molecule has 0 aliphatic carbocycles. The van der Waals surface area contributed by atoms with Gasteiger partial charge in [-0.25, -0.2) is 4.39 Å². The van der Waals surface area contributed by atoms with Crippen LogP contribution in [0, 0.1) is 9.39 Å². The summed E-state index contributed by atoms with van der Waals surface area (Å²) in [5, 5.41) is 3.54. The van der Waals surface area contributed by atoms with Crippen molar-refractivity contribution < 1.29 is 4.39 Å². The van der Waals surface area contributed by atoms with Crippen molar-refractivity contribution in [3.63, 3.8) is 0 Å². The number of pyridine rings is 1. The molecule has 0 amide bonds. The van der Waals surface area contributed by atoms with Gasteiger partial charge in [0.25, 0.3) is 0 Å². The molecular formula is C16H17FIN3. The summed E-state index contributed by atoms with van der Waals surface area (Å²) in [5.74, 6) is -0.183. The van der Waals surface area contributed by atoms with E-state index in [2.05, 4.69) is 49.9 Å². The first-order chi connectivity index (χ1) is 10.2. The molecule has 5 heteroatoms. The number of rotatable bonds is 3. The van der Waals surface area contributed by atoms with Crippen LogP contribution in [-0.2, 0) is 0 Å². The maximum atomic E-state index is 13.1. The summed E-state index contributed by atoms with van der Waals surface area (Å²) >= 11 is 2.18. The number of nitrogens with one attached hydrogen (secondary N) is 1. The lowest BCUT2D eigenvalue weighted by atomic mass is 10.0. The van der Waals surface area contributed by atoms with Crippen LogP contribution in [0.4, 0.5) is 15.8 Å². The Morgan fingerprint density at radius 3 is 2.52 bits per heavy atom. The number of nitrogens with zero attached hydrogens (tertiary/aromatic N) is 2. The highest BCUT2D eigenvalue weighted by Gasteiger charge is 2.19. The molecule has 3 nitrogen and oxygen atoms in total. The van der Waals surface area contributed by atoms with E-state index in [1.165, 1.54) is 11.8 Å². The van der Waals surface area contributed by atoms with Gasteiger partial charge in [-0.3, -0.25) is 4.98 Å². The van der Waals surface area contributed by atoms with Crippen molar-refractivity contribution in [1.82, 2.24) is 4.98 Å². The van der Waals surface area contributed by atoms with Crippen molar-refractivity contribution >= 4 is 34.0 Å². The molecular weight excluding hydrogens is 380 g/mol. The number of piperidine rings is 1. The van der Waals surface area contributed by atoms with E-state index in [0.29, 0.717) is 6.04 Å². The quantitative estimate of drug-likeness (QED) is 0.797. The maximum Gasteiger partial charge on any atom is 0.124 e. The summed E-state index contributed by atoms with van der Waals surface area (Å²) < 4.78 is 14.1. The van der Waals surface area contributed by atoms with E-state index in [4.69, 9.17) is 0 Å². The first kappa shape index (κ1) is 14.6. The molecule has 0 spiro atoms. The molecule has 2 heterocycles. The zero-order valence-corrected chi connectivity index (χ0v) is 13.8. The van der Waals surface area contributed by atoms with Crippen LogP contribution in [0.1, 0.15) is 12.8 Å². The molecule has 1 saturated heterocycles. The number of aromatic nitrogens is 1. The summed E-state index contributed by atoms with van der Waals surface area (Å²) in [6.07, 6.45) is 5.83. The van der Waals surface area contributed by atoms with Gasteiger partial charge in [0.2, 0.25) is 0 Å². The lowest BCUT2D eigenvalue weighted by molar-refractivity contribution is 0.526. The first-order valence-electron chi connectivity index (χ1n) is 7.09. The van der Waals surface area contributed by atoms with Crippen LogP contribution >= 0.6 is 22.6 Å². The SMILES string of the molecule is Fc1ccc(NC2CCN(c3ccncc3)CC2)c(I)c1. The highest BCUT2D eigenvalue weighted by atomic mass is 127. The fourth-order valence-corrected chi connectivity index (χ4v) is 3.30. The van der Waals surface area contributed by atoms with Gasteiger partial charge in [-0.15, -0.1) is 0 Å². The molecule has 0 atom stereocenters. The fourth-order valence-electron chi connectivity index (χ4n) is 2.66. The van der Waals surface area contributed by atoms with Gasteiger partial charge < -0.3 is 10.2 Å². The van der Waals surface area contributed by atoms with Crippen molar-refractivity contribution in [2.24, 2.45) is 0 Å². The fraction of sp³-hybridized carbons (Fsp3) is 0.312. The first-order valence-corrected chi connectivity index (χ1v) is 8.17. The predicted molar refractivity (Wildman–Crippen MR) is 92.2 cm³/mol. The third-order valence-corrected chi connectivity index (χ3v) is 4.71. The summed E-state index contributed by atoms with van der Waals surface area (Å²) in [5.41, 5.74) is 2.26. The van der Waals surface area contributed by atoms with Crippen LogP contribution < -0.4 is 10.2 Å². The van der Waals surface area contributed by atoms with Gasteiger partial charge in [0.05, 0.1) is 0 Å². The average Bonchev–Trinajstić information content (AvgIpc) is 2.52. The molecule has 0 bridgehead atoms. The van der Waals surface area contributed by atoms with Crippen LogP contribution in [0.2, 0.25) is 0 Å². The van der Waals surface area contributed by atoms with Gasteiger partial charge in [0.15, 0.2) is 0 Å². The van der Waals surface area contributed by atoms with E-state index in [0.717, 1.165) is 35.2 Å². The normalized spacial score (nSPS) is 16.0. The summed E-state index contributed by atoms with van der Waals surface area (Å²) in [6, 6.07) is 9.45. The number of hydrogen-bond donors (Lipinski definition) is 1. The van der Waals surface area contributed by atoms with Gasteiger partial charge in [-0.1, -0.05) is 0 Å². The Morgan fingerprint density at radius 1 is 1.14 bits per heavy atom. The van der Waals surface area contributed by atoms with Crippen molar-refractivity contribution in [2.75, 3.05) is 23.3 Å². The number of anilines is 2. The molecule has 0 radical (unpaired) electrons. The second kappa shape index (κ2) is 6.60. The minimum atomic E-state index is -0.183. The maximum absolute atomic E-state index is 13.1. The van der Waals surface area contributed by atoms with Crippen molar-refractivity contribution in [1.29, 1.82) is 0 Å². The third kappa shape index (κ3) is 3.64. The van der Waals surface area contributed by atoms with Gasteiger partial charge in [-0.2, -0.15) is 0 Å². The zero-order valence-electron chi connectivity index (χ0n) is 11.6. The standard InChI is InChI=1S/C16H17FIN3/c17-12-1-2-16(15(18)11-12)20-13-5-9-21(10-6-13)14-3-7-19-8-4-14/h1-4,7-8,11,13,20H,5-6,9-10H2. The monoisotopic (exact) mass is 397 g/mol. The lowest BCUT2D eigenvalue weighted by Gasteiger charge is -2.34. The zero-order chi connectivity index (χ0) is 14.7. The Kier molecular flexibility index (Phi) is 4.57. The second-order valence-corrected chi connectivity index (χ2v) is 6.40. The van der Waals surface area contributed by atoms with Gasteiger partial charge >= 0.3 is 0 Å². The molecule has 0 saturated carbocycles. The molecule has 1 aromatic heterocycles. The van der Waals surface area contributed by atoms with E-state index in [1.54, 1.807) is 6.07 Å². The number of hydrogen-bond acceptors (Lipinski definition) is 3. The Bertz CT molecular complexity index is 598. The van der Waals surface area contributed by atoms with Crippen molar-refractivity contribution in [2.45, 2.75) is 18.9 Å². The molecule has 1 aliphatic heterocycles. The molecule has 3 rings (SSSR count). The van der Waals surface area contributed by atoms with Crippen molar-refractivity contribution in [3.05, 3.63) is 52.1 Å². The minimum absolute atomic E-state index is 0.183. The van der Waals surface area contributed by atoms with Crippen LogP contribution in [0.3, 0.4) is 0 Å². The Morgan fingerprint density at radius 2 is 1.86 bits per heavy atom. The minimum Gasteiger partial charge on any atom is -0.381 e. The summed E-state index contributed by atoms with van der Waals surface area (Å²) in [7, 11) is 0. The van der Waals surface area contributed by atoms with E-state index in [1.807, 2.05) is 18.5 Å². The predicted octanol–water partition coefficient (Wildman–Crippen LogP) is 3.91. The van der Waals surface area contributed by atoms with Gasteiger partial charge in [0, 0.05) is 46.5 Å². The van der Waals surface area contributed by atoms with Crippen LogP contribution in [0.5, 0.6) is 0 Å². The average molecular weight is 397 g/mol. The largest absolute Gasteiger partial charge is 0.381 e. The van der Waals surface area contributed by atoms with Crippen molar-refractivity contribution in [3.8, 4) is 0 Å². The van der Waals surface area contributed by atoms with E-state index in [-0.39, 0.29) is 5.82 Å². The smallest absolute Gasteiger partial charge is 0.124 e. The molecule has 1 fully saturated rings. The van der Waals surface area contributed by atoms with Gasteiger partial charge in [0.1, 0.15) is 5.82 Å². The highest BCUT2D eigenvalue weighted by Crippen LogP contribution is 2.24. The van der Waals surface area contributed by atoms with Crippen LogP contribution in [0.25, 0.3) is 0 Å². The Balaban J connectivity index is 1.59. The number of benzene rings is 1. The molecule has 0 unspecified atom stereocenters. The molecule has 1 N–H and O–H groups in total. The third-order valence-electron chi connectivity index (χ3n) is 3.81. The Labute approximate surface area is 137 Å². The molecule has 2 aromatic rings. The summed E-state index contributed by atoms with van der Waals surface area (Å²) in [4.78, 5) is 6.44. The van der Waals surface area contributed by atoms with E-state index >= 15 is 0 Å². The van der Waals surface area contributed by atoms with E-state index < -0.39 is 0 Å². The summed E-state index contributed by atoms with van der Waals surface area (Å²) in [6.45, 7) is 2.05. The van der Waals surface area contributed by atoms with Crippen LogP contribution in [0.15, 0.2) is 42.7 Å². The number of halogens is 2. The molecule has 21 heavy (non-hydrogen) atoms. The molecule has 1 aromatic carbocycles. The van der Waals surface area contributed by atoms with Gasteiger partial charge in [-0.05, 0) is 65.8 Å². The lowest BCUT2D eigenvalue weighted by Crippen LogP contribution is -2.39. The van der Waals surface area contributed by atoms with Crippen LogP contribution in [-0.4, -0.2) is 24.1 Å².